The van der Waals surface area contributed by atoms with Crippen LogP contribution in [0.2, 0.25) is 0 Å². The van der Waals surface area contributed by atoms with Gasteiger partial charge in [-0.2, -0.15) is 0 Å². The molecule has 0 radical (unpaired) electrons. The van der Waals surface area contributed by atoms with Crippen molar-refractivity contribution in [2.24, 2.45) is 0 Å². The number of nitrogens with one attached hydrogen (secondary N) is 1. The van der Waals surface area contributed by atoms with Gasteiger partial charge in [-0.05, 0) is 31.0 Å². The minimum absolute atomic E-state index is 0.0403. The Hall–Kier alpha value is -2.28. The second-order valence-electron chi connectivity index (χ2n) is 5.24. The van der Waals surface area contributed by atoms with Crippen LogP contribution >= 0.6 is 11.3 Å². The number of hydrogen-bond donors (Lipinski definition) is 1. The lowest BCUT2D eigenvalue weighted by Crippen LogP contribution is -2.23. The number of hydrogen-bond acceptors (Lipinski definition) is 4. The summed E-state index contributed by atoms with van der Waals surface area (Å²) >= 11 is 1.20. The van der Waals surface area contributed by atoms with Crippen molar-refractivity contribution in [1.29, 1.82) is 0 Å². The van der Waals surface area contributed by atoms with Crippen LogP contribution in [0.15, 0.2) is 24.3 Å². The Bertz CT molecular complexity index is 760. The van der Waals surface area contributed by atoms with E-state index in [0.29, 0.717) is 40.8 Å². The fourth-order valence-corrected chi connectivity index (χ4v) is 3.57. The molecule has 1 aliphatic heterocycles. The average Bonchev–Trinajstić information content (AvgIpc) is 3.12. The summed E-state index contributed by atoms with van der Waals surface area (Å²) in [5.41, 5.74) is 1.04. The molecule has 0 aliphatic carbocycles. The van der Waals surface area contributed by atoms with Crippen molar-refractivity contribution in [3.05, 3.63) is 40.7 Å². The molecule has 1 aromatic heterocycles. The molecule has 5 nitrogen and oxygen atoms in total. The van der Waals surface area contributed by atoms with Crippen molar-refractivity contribution in [3.8, 4) is 0 Å². The Kier molecular flexibility index (Phi) is 4.38. The summed E-state index contributed by atoms with van der Waals surface area (Å²) in [4.78, 5) is 30.8. The fourth-order valence-electron chi connectivity index (χ4n) is 2.48. The van der Waals surface area contributed by atoms with E-state index < -0.39 is 5.82 Å². The quantitative estimate of drug-likeness (QED) is 0.934. The monoisotopic (exact) mass is 333 g/mol. The summed E-state index contributed by atoms with van der Waals surface area (Å²) in [6.07, 6.45) is 1.92. The normalized spacial score (nSPS) is 14.3. The third-order valence-electron chi connectivity index (χ3n) is 3.61. The maximum Gasteiger partial charge on any atom is 0.267 e. The first kappa shape index (κ1) is 15.6. The van der Waals surface area contributed by atoms with Crippen molar-refractivity contribution < 1.29 is 14.0 Å². The van der Waals surface area contributed by atoms with E-state index in [1.807, 2.05) is 6.92 Å². The highest BCUT2D eigenvalue weighted by atomic mass is 32.1. The molecule has 0 atom stereocenters. The molecule has 1 aliphatic rings. The van der Waals surface area contributed by atoms with Gasteiger partial charge >= 0.3 is 0 Å². The van der Waals surface area contributed by atoms with Crippen LogP contribution in [0.25, 0.3) is 0 Å². The van der Waals surface area contributed by atoms with Crippen LogP contribution in [-0.2, 0) is 11.2 Å². The molecule has 2 heterocycles. The molecule has 0 saturated carbocycles. The predicted octanol–water partition coefficient (Wildman–Crippen LogP) is 3.22. The van der Waals surface area contributed by atoms with Crippen molar-refractivity contribution >= 4 is 34.0 Å². The van der Waals surface area contributed by atoms with Crippen LogP contribution in [-0.4, -0.2) is 23.3 Å². The first-order valence-corrected chi connectivity index (χ1v) is 8.27. The van der Waals surface area contributed by atoms with Crippen molar-refractivity contribution in [2.75, 3.05) is 16.8 Å². The van der Waals surface area contributed by atoms with Crippen LogP contribution in [0.1, 0.15) is 35.1 Å². The van der Waals surface area contributed by atoms with Crippen LogP contribution < -0.4 is 10.2 Å². The number of benzene rings is 1. The Morgan fingerprint density at radius 1 is 1.48 bits per heavy atom. The third-order valence-corrected chi connectivity index (χ3v) is 4.73. The third kappa shape index (κ3) is 3.24. The molecular formula is C16H16FN3O2S. The molecule has 0 spiro atoms. The molecular weight excluding hydrogens is 317 g/mol. The summed E-state index contributed by atoms with van der Waals surface area (Å²) in [6, 6.07) is 5.73. The number of thiazole rings is 1. The SMILES string of the molecule is CCc1nc(N2CCCC2=O)sc1C(=O)Nc1cccc(F)c1. The van der Waals surface area contributed by atoms with Gasteiger partial charge in [0.05, 0.1) is 5.69 Å². The van der Waals surface area contributed by atoms with E-state index in [1.54, 1.807) is 11.0 Å². The van der Waals surface area contributed by atoms with Crippen LogP contribution in [0.4, 0.5) is 15.2 Å². The van der Waals surface area contributed by atoms with Gasteiger partial charge in [-0.25, -0.2) is 9.37 Å². The molecule has 1 N–H and O–H groups in total. The number of nitrogens with zero attached hydrogens (tertiary/aromatic N) is 2. The highest BCUT2D eigenvalue weighted by molar-refractivity contribution is 7.18. The molecule has 3 rings (SSSR count). The van der Waals surface area contributed by atoms with Gasteiger partial charge < -0.3 is 5.32 Å². The maximum absolute atomic E-state index is 13.2. The average molecular weight is 333 g/mol. The molecule has 1 saturated heterocycles. The predicted molar refractivity (Wildman–Crippen MR) is 87.4 cm³/mol. The van der Waals surface area contributed by atoms with Crippen molar-refractivity contribution in [2.45, 2.75) is 26.2 Å². The number of halogens is 1. The zero-order valence-electron chi connectivity index (χ0n) is 12.6. The second kappa shape index (κ2) is 6.45. The number of rotatable bonds is 4. The summed E-state index contributed by atoms with van der Waals surface area (Å²) in [5.74, 6) is -0.701. The van der Waals surface area contributed by atoms with E-state index in [4.69, 9.17) is 0 Å². The molecule has 1 aromatic carbocycles. The van der Waals surface area contributed by atoms with E-state index in [1.165, 1.54) is 29.5 Å². The van der Waals surface area contributed by atoms with Gasteiger partial charge in [-0.3, -0.25) is 14.5 Å². The molecule has 2 aromatic rings. The molecule has 23 heavy (non-hydrogen) atoms. The largest absolute Gasteiger partial charge is 0.321 e. The molecule has 2 amide bonds. The molecule has 0 unspecified atom stereocenters. The topological polar surface area (TPSA) is 62.3 Å². The first-order valence-electron chi connectivity index (χ1n) is 7.45. The van der Waals surface area contributed by atoms with Gasteiger partial charge in [0.25, 0.3) is 5.91 Å². The summed E-state index contributed by atoms with van der Waals surface area (Å²) in [5, 5.41) is 3.24. The van der Waals surface area contributed by atoms with Gasteiger partial charge in [0, 0.05) is 18.7 Å². The van der Waals surface area contributed by atoms with E-state index in [0.717, 1.165) is 6.42 Å². The lowest BCUT2D eigenvalue weighted by molar-refractivity contribution is -0.117. The Labute approximate surface area is 137 Å². The maximum atomic E-state index is 13.2. The van der Waals surface area contributed by atoms with Crippen LogP contribution in [0.5, 0.6) is 0 Å². The number of aromatic nitrogens is 1. The van der Waals surface area contributed by atoms with E-state index >= 15 is 0 Å². The van der Waals surface area contributed by atoms with Gasteiger partial charge in [0.1, 0.15) is 10.7 Å². The highest BCUT2D eigenvalue weighted by Gasteiger charge is 2.27. The molecule has 120 valence electrons. The second-order valence-corrected chi connectivity index (χ2v) is 6.22. The smallest absolute Gasteiger partial charge is 0.267 e. The number of aryl methyl sites for hydroxylation is 1. The van der Waals surface area contributed by atoms with E-state index in [9.17, 15) is 14.0 Å². The molecule has 1 fully saturated rings. The lowest BCUT2D eigenvalue weighted by atomic mass is 10.2. The Balaban J connectivity index is 1.85. The summed E-state index contributed by atoms with van der Waals surface area (Å²) in [7, 11) is 0. The Morgan fingerprint density at radius 3 is 2.96 bits per heavy atom. The first-order chi connectivity index (χ1) is 11.1. The lowest BCUT2D eigenvalue weighted by Gasteiger charge is -2.10. The highest BCUT2D eigenvalue weighted by Crippen LogP contribution is 2.30. The number of amides is 2. The van der Waals surface area contributed by atoms with Gasteiger partial charge in [0.15, 0.2) is 5.13 Å². The van der Waals surface area contributed by atoms with E-state index in [-0.39, 0.29) is 11.8 Å². The zero-order chi connectivity index (χ0) is 16.4. The molecule has 0 bridgehead atoms. The zero-order valence-corrected chi connectivity index (χ0v) is 13.5. The van der Waals surface area contributed by atoms with E-state index in [2.05, 4.69) is 10.3 Å². The molecule has 7 heteroatoms. The number of carbonyl (C=O) groups is 2. The van der Waals surface area contributed by atoms with Gasteiger partial charge in [0.2, 0.25) is 5.91 Å². The van der Waals surface area contributed by atoms with Crippen molar-refractivity contribution in [1.82, 2.24) is 4.98 Å². The van der Waals surface area contributed by atoms with Crippen LogP contribution in [0.3, 0.4) is 0 Å². The van der Waals surface area contributed by atoms with Crippen LogP contribution in [0, 0.1) is 5.82 Å². The summed E-state index contributed by atoms with van der Waals surface area (Å²) in [6.45, 7) is 2.55. The number of carbonyl (C=O) groups excluding carboxylic acids is 2. The minimum Gasteiger partial charge on any atom is -0.321 e. The Morgan fingerprint density at radius 2 is 2.30 bits per heavy atom. The fraction of sp³-hybridized carbons (Fsp3) is 0.312. The number of anilines is 2. The van der Waals surface area contributed by atoms with Crippen molar-refractivity contribution in [3.63, 3.8) is 0 Å². The van der Waals surface area contributed by atoms with Gasteiger partial charge in [-0.1, -0.05) is 24.3 Å². The van der Waals surface area contributed by atoms with Gasteiger partial charge in [-0.15, -0.1) is 0 Å². The summed E-state index contributed by atoms with van der Waals surface area (Å²) < 4.78 is 13.2. The standard InChI is InChI=1S/C16H16FN3O2S/c1-2-12-14(15(22)18-11-6-3-5-10(17)9-11)23-16(19-12)20-8-4-7-13(20)21/h3,5-6,9H,2,4,7-8H2,1H3,(H,18,22). The minimum atomic E-state index is -0.411.